The summed E-state index contributed by atoms with van der Waals surface area (Å²) in [5.41, 5.74) is 0.850. The number of nitrogens with one attached hydrogen (secondary N) is 2. The highest BCUT2D eigenvalue weighted by Gasteiger charge is 2.38. The van der Waals surface area contributed by atoms with Crippen LogP contribution in [0.5, 0.6) is 0 Å². The Kier molecular flexibility index (Phi) is 6.39. The van der Waals surface area contributed by atoms with Crippen LogP contribution in [0.15, 0.2) is 24.3 Å². The highest BCUT2D eigenvalue weighted by atomic mass is 32.2. The number of nitrogens with zero attached hydrogens (tertiary/aromatic N) is 1. The Balaban J connectivity index is 1.68. The monoisotopic (exact) mass is 395 g/mol. The fourth-order valence-corrected chi connectivity index (χ4v) is 4.69. The molecule has 0 bridgehead atoms. The number of amides is 1. The van der Waals surface area contributed by atoms with E-state index in [1.54, 1.807) is 24.3 Å². The Bertz CT molecular complexity index is 754. The summed E-state index contributed by atoms with van der Waals surface area (Å²) >= 11 is 0. The molecule has 2 N–H and O–H groups in total. The summed E-state index contributed by atoms with van der Waals surface area (Å²) in [6.45, 7) is 3.91. The molecule has 0 radical (unpaired) electrons. The Labute approximate surface area is 161 Å². The number of rotatable bonds is 6. The third-order valence-corrected chi connectivity index (χ3v) is 6.08. The topological polar surface area (TPSA) is 87.7 Å². The molecular weight excluding hydrogens is 366 g/mol. The minimum Gasteiger partial charge on any atom is -0.379 e. The second-order valence-corrected chi connectivity index (χ2v) is 9.27. The van der Waals surface area contributed by atoms with Crippen LogP contribution in [0, 0.1) is 0 Å². The number of benzene rings is 1. The van der Waals surface area contributed by atoms with Gasteiger partial charge in [-0.3, -0.25) is 14.4 Å². The van der Waals surface area contributed by atoms with E-state index in [-0.39, 0.29) is 11.4 Å². The van der Waals surface area contributed by atoms with Crippen molar-refractivity contribution in [3.8, 4) is 0 Å². The zero-order valence-corrected chi connectivity index (χ0v) is 16.7. The maximum atomic E-state index is 12.7. The van der Waals surface area contributed by atoms with Gasteiger partial charge in [0.05, 0.1) is 19.5 Å². The van der Waals surface area contributed by atoms with Crippen molar-refractivity contribution < 1.29 is 17.9 Å². The Morgan fingerprint density at radius 2 is 1.89 bits per heavy atom. The number of carbonyl (C=O) groups is 1. The first-order chi connectivity index (χ1) is 12.9. The maximum absolute atomic E-state index is 12.7. The van der Waals surface area contributed by atoms with Gasteiger partial charge in [-0.2, -0.15) is 0 Å². The molecule has 27 heavy (non-hydrogen) atoms. The fourth-order valence-electron chi connectivity index (χ4n) is 4.14. The van der Waals surface area contributed by atoms with Crippen LogP contribution in [0.2, 0.25) is 0 Å². The van der Waals surface area contributed by atoms with E-state index in [4.69, 9.17) is 4.74 Å². The van der Waals surface area contributed by atoms with Gasteiger partial charge in [-0.15, -0.1) is 0 Å². The molecule has 1 amide bonds. The maximum Gasteiger partial charge on any atom is 0.251 e. The van der Waals surface area contributed by atoms with Gasteiger partial charge in [-0.1, -0.05) is 25.3 Å². The third kappa shape index (κ3) is 5.43. The molecular formula is C19H29N3O4S. The lowest BCUT2D eigenvalue weighted by Gasteiger charge is -2.48. The van der Waals surface area contributed by atoms with Crippen molar-refractivity contribution in [3.63, 3.8) is 0 Å². The van der Waals surface area contributed by atoms with Crippen LogP contribution in [0.4, 0.5) is 5.69 Å². The molecule has 0 atom stereocenters. The van der Waals surface area contributed by atoms with E-state index in [2.05, 4.69) is 14.9 Å². The van der Waals surface area contributed by atoms with Gasteiger partial charge in [0.2, 0.25) is 10.0 Å². The number of ether oxygens (including phenoxy) is 1. The molecule has 7 nitrogen and oxygen atoms in total. The first-order valence-electron chi connectivity index (χ1n) is 9.57. The quantitative estimate of drug-likeness (QED) is 0.767. The van der Waals surface area contributed by atoms with Gasteiger partial charge < -0.3 is 10.1 Å². The van der Waals surface area contributed by atoms with Crippen LogP contribution in [0.25, 0.3) is 0 Å². The van der Waals surface area contributed by atoms with Gasteiger partial charge in [-0.05, 0) is 31.0 Å². The summed E-state index contributed by atoms with van der Waals surface area (Å²) in [5.74, 6) is -0.176. The first-order valence-corrected chi connectivity index (χ1v) is 11.5. The molecule has 0 spiro atoms. The molecule has 1 aromatic rings. The van der Waals surface area contributed by atoms with E-state index in [0.29, 0.717) is 17.8 Å². The van der Waals surface area contributed by atoms with E-state index in [1.807, 2.05) is 0 Å². The second-order valence-electron chi connectivity index (χ2n) is 7.52. The SMILES string of the molecule is CS(=O)(=O)Nc1cccc(C(=O)NCC2(N3CCOCC3)CCCCC2)c1. The Hall–Kier alpha value is -1.64. The molecule has 1 aliphatic heterocycles. The molecule has 2 fully saturated rings. The summed E-state index contributed by atoms with van der Waals surface area (Å²) in [5, 5.41) is 3.10. The number of hydrogen-bond donors (Lipinski definition) is 2. The van der Waals surface area contributed by atoms with E-state index in [9.17, 15) is 13.2 Å². The van der Waals surface area contributed by atoms with Crippen molar-refractivity contribution >= 4 is 21.6 Å². The van der Waals surface area contributed by atoms with Crippen molar-refractivity contribution in [3.05, 3.63) is 29.8 Å². The lowest BCUT2D eigenvalue weighted by molar-refractivity contribution is -0.0361. The van der Waals surface area contributed by atoms with E-state index in [0.717, 1.165) is 45.4 Å². The summed E-state index contributed by atoms with van der Waals surface area (Å²) in [4.78, 5) is 15.2. The third-order valence-electron chi connectivity index (χ3n) is 5.47. The minimum atomic E-state index is -3.37. The molecule has 1 saturated heterocycles. The predicted molar refractivity (Wildman–Crippen MR) is 105 cm³/mol. The Morgan fingerprint density at radius 3 is 2.56 bits per heavy atom. The number of hydrogen-bond acceptors (Lipinski definition) is 5. The largest absolute Gasteiger partial charge is 0.379 e. The van der Waals surface area contributed by atoms with Crippen molar-refractivity contribution in [1.82, 2.24) is 10.2 Å². The summed E-state index contributed by atoms with van der Waals surface area (Å²) in [7, 11) is -3.37. The molecule has 1 aromatic carbocycles. The van der Waals surface area contributed by atoms with Crippen LogP contribution in [-0.4, -0.2) is 63.9 Å². The summed E-state index contributed by atoms with van der Waals surface area (Å²) < 4.78 is 30.7. The average molecular weight is 396 g/mol. The lowest BCUT2D eigenvalue weighted by Crippen LogP contribution is -2.59. The molecule has 8 heteroatoms. The van der Waals surface area contributed by atoms with Gasteiger partial charge in [0.1, 0.15) is 0 Å². The van der Waals surface area contributed by atoms with Crippen molar-refractivity contribution in [2.75, 3.05) is 43.8 Å². The first kappa shape index (κ1) is 20.1. The van der Waals surface area contributed by atoms with Crippen LogP contribution < -0.4 is 10.0 Å². The van der Waals surface area contributed by atoms with Gasteiger partial charge in [0, 0.05) is 36.4 Å². The van der Waals surface area contributed by atoms with Crippen LogP contribution in [0.1, 0.15) is 42.5 Å². The van der Waals surface area contributed by atoms with Crippen molar-refractivity contribution in [2.24, 2.45) is 0 Å². The molecule has 150 valence electrons. The standard InChI is InChI=1S/C19H29N3O4S/c1-27(24,25)21-17-7-5-6-16(14-17)18(23)20-15-19(8-3-2-4-9-19)22-10-12-26-13-11-22/h5-7,14,21H,2-4,8-13,15H2,1H3,(H,20,23). The highest BCUT2D eigenvalue weighted by Crippen LogP contribution is 2.34. The van der Waals surface area contributed by atoms with E-state index in [1.165, 1.54) is 19.3 Å². The minimum absolute atomic E-state index is 0.000306. The van der Waals surface area contributed by atoms with E-state index >= 15 is 0 Å². The summed E-state index contributed by atoms with van der Waals surface area (Å²) in [6, 6.07) is 6.58. The van der Waals surface area contributed by atoms with Crippen LogP contribution in [-0.2, 0) is 14.8 Å². The zero-order chi connectivity index (χ0) is 19.3. The van der Waals surface area contributed by atoms with Gasteiger partial charge in [0.15, 0.2) is 0 Å². The van der Waals surface area contributed by atoms with Gasteiger partial charge in [0.25, 0.3) is 5.91 Å². The normalized spacial score (nSPS) is 20.8. The number of carbonyl (C=O) groups excluding carboxylic acids is 1. The van der Waals surface area contributed by atoms with Gasteiger partial charge in [-0.25, -0.2) is 8.42 Å². The Morgan fingerprint density at radius 1 is 1.19 bits per heavy atom. The van der Waals surface area contributed by atoms with Crippen LogP contribution in [0.3, 0.4) is 0 Å². The molecule has 0 unspecified atom stereocenters. The smallest absolute Gasteiger partial charge is 0.251 e. The number of sulfonamides is 1. The number of anilines is 1. The van der Waals surface area contributed by atoms with E-state index < -0.39 is 10.0 Å². The average Bonchev–Trinajstić information content (AvgIpc) is 2.66. The second kappa shape index (κ2) is 8.58. The van der Waals surface area contributed by atoms with Crippen molar-refractivity contribution in [1.29, 1.82) is 0 Å². The fraction of sp³-hybridized carbons (Fsp3) is 0.632. The lowest BCUT2D eigenvalue weighted by atomic mass is 9.79. The van der Waals surface area contributed by atoms with Gasteiger partial charge >= 0.3 is 0 Å². The summed E-state index contributed by atoms with van der Waals surface area (Å²) in [6.07, 6.45) is 6.88. The molecule has 2 aliphatic rings. The van der Waals surface area contributed by atoms with Crippen molar-refractivity contribution in [2.45, 2.75) is 37.6 Å². The zero-order valence-electron chi connectivity index (χ0n) is 15.9. The predicted octanol–water partition coefficient (Wildman–Crippen LogP) is 1.82. The molecule has 0 aromatic heterocycles. The molecule has 1 aliphatic carbocycles. The highest BCUT2D eigenvalue weighted by molar-refractivity contribution is 7.92. The molecule has 3 rings (SSSR count). The van der Waals surface area contributed by atoms with Crippen LogP contribution >= 0.6 is 0 Å². The molecule has 1 heterocycles. The molecule has 1 saturated carbocycles. The number of morpholine rings is 1.